The highest BCUT2D eigenvalue weighted by atomic mass is 32.2. The quantitative estimate of drug-likeness (QED) is 0.781. The van der Waals surface area contributed by atoms with E-state index in [1.54, 1.807) is 14.0 Å². The second-order valence-corrected chi connectivity index (χ2v) is 9.08. The average Bonchev–Trinajstić information content (AvgIpc) is 2.60. The van der Waals surface area contributed by atoms with Gasteiger partial charge in [0.05, 0.1) is 5.75 Å². The summed E-state index contributed by atoms with van der Waals surface area (Å²) in [7, 11) is -1.47. The van der Waals surface area contributed by atoms with Gasteiger partial charge in [0.2, 0.25) is 15.9 Å². The first-order valence-corrected chi connectivity index (χ1v) is 10.5. The fourth-order valence-corrected chi connectivity index (χ4v) is 4.64. The molecule has 0 aromatic heterocycles. The van der Waals surface area contributed by atoms with Crippen LogP contribution in [0.5, 0.6) is 0 Å². The molecule has 0 radical (unpaired) electrons. The van der Waals surface area contributed by atoms with Crippen LogP contribution in [0.2, 0.25) is 0 Å². The van der Waals surface area contributed by atoms with E-state index in [4.69, 9.17) is 0 Å². The molecule has 7 heteroatoms. The van der Waals surface area contributed by atoms with Crippen LogP contribution < -0.4 is 5.32 Å². The lowest BCUT2D eigenvalue weighted by Gasteiger charge is -2.36. The standard InChI is InChI=1S/C16H31N3O3S/c1-3-23(21,22)18(2)15-8-12-19(13-9-15)16(20)5-4-14-6-10-17-11-7-14/h14-15,17H,3-13H2,1-2H3. The van der Waals surface area contributed by atoms with E-state index in [0.717, 1.165) is 32.4 Å². The third-order valence-electron chi connectivity index (χ3n) is 5.36. The maximum absolute atomic E-state index is 12.3. The lowest BCUT2D eigenvalue weighted by atomic mass is 9.93. The molecular weight excluding hydrogens is 314 g/mol. The zero-order chi connectivity index (χ0) is 16.9. The van der Waals surface area contributed by atoms with E-state index < -0.39 is 10.0 Å². The van der Waals surface area contributed by atoms with Crippen molar-refractivity contribution < 1.29 is 13.2 Å². The van der Waals surface area contributed by atoms with Crippen molar-refractivity contribution in [2.75, 3.05) is 39.0 Å². The molecule has 134 valence electrons. The van der Waals surface area contributed by atoms with Crippen molar-refractivity contribution in [3.05, 3.63) is 0 Å². The maximum atomic E-state index is 12.3. The van der Waals surface area contributed by atoms with Crippen LogP contribution in [-0.2, 0) is 14.8 Å². The fourth-order valence-electron chi connectivity index (χ4n) is 3.57. The van der Waals surface area contributed by atoms with Crippen LogP contribution in [0.4, 0.5) is 0 Å². The molecular formula is C16H31N3O3S. The van der Waals surface area contributed by atoms with Gasteiger partial charge in [-0.1, -0.05) is 0 Å². The van der Waals surface area contributed by atoms with Crippen LogP contribution in [-0.4, -0.2) is 68.6 Å². The number of nitrogens with zero attached hydrogens (tertiary/aromatic N) is 2. The maximum Gasteiger partial charge on any atom is 0.222 e. The van der Waals surface area contributed by atoms with Crippen LogP contribution in [0.25, 0.3) is 0 Å². The zero-order valence-electron chi connectivity index (χ0n) is 14.5. The van der Waals surface area contributed by atoms with E-state index in [1.807, 2.05) is 4.90 Å². The van der Waals surface area contributed by atoms with Crippen LogP contribution in [0, 0.1) is 5.92 Å². The van der Waals surface area contributed by atoms with Gasteiger partial charge in [-0.05, 0) is 58.0 Å². The highest BCUT2D eigenvalue weighted by Gasteiger charge is 2.30. The molecule has 2 rings (SSSR count). The van der Waals surface area contributed by atoms with E-state index in [9.17, 15) is 13.2 Å². The first-order chi connectivity index (χ1) is 10.9. The van der Waals surface area contributed by atoms with Gasteiger partial charge < -0.3 is 10.2 Å². The highest BCUT2D eigenvalue weighted by Crippen LogP contribution is 2.21. The Morgan fingerprint density at radius 1 is 1.17 bits per heavy atom. The molecule has 0 aromatic carbocycles. The van der Waals surface area contributed by atoms with Gasteiger partial charge in [-0.25, -0.2) is 12.7 Å². The van der Waals surface area contributed by atoms with E-state index in [0.29, 0.717) is 25.4 Å². The summed E-state index contributed by atoms with van der Waals surface area (Å²) in [5.41, 5.74) is 0. The number of sulfonamides is 1. The van der Waals surface area contributed by atoms with Gasteiger partial charge >= 0.3 is 0 Å². The van der Waals surface area contributed by atoms with Crippen LogP contribution in [0.1, 0.15) is 45.4 Å². The van der Waals surface area contributed by atoms with Crippen LogP contribution in [0.15, 0.2) is 0 Å². The predicted molar refractivity (Wildman–Crippen MR) is 91.7 cm³/mol. The van der Waals surface area contributed by atoms with E-state index in [1.165, 1.54) is 17.1 Å². The summed E-state index contributed by atoms with van der Waals surface area (Å²) in [4.78, 5) is 14.3. The first kappa shape index (κ1) is 18.7. The number of rotatable bonds is 6. The van der Waals surface area contributed by atoms with Gasteiger partial charge in [0, 0.05) is 32.6 Å². The molecule has 0 aliphatic carbocycles. The molecule has 6 nitrogen and oxygen atoms in total. The number of amides is 1. The Hall–Kier alpha value is -0.660. The molecule has 0 atom stereocenters. The lowest BCUT2D eigenvalue weighted by molar-refractivity contribution is -0.132. The Balaban J connectivity index is 1.74. The van der Waals surface area contributed by atoms with Crippen molar-refractivity contribution in [1.82, 2.24) is 14.5 Å². The molecule has 2 aliphatic rings. The number of carbonyl (C=O) groups is 1. The minimum atomic E-state index is -3.14. The second kappa shape index (κ2) is 8.44. The number of hydrogen-bond acceptors (Lipinski definition) is 4. The third kappa shape index (κ3) is 5.16. The summed E-state index contributed by atoms with van der Waals surface area (Å²) in [6.45, 7) is 5.18. The number of piperidine rings is 2. The van der Waals surface area contributed by atoms with Gasteiger partial charge in [0.25, 0.3) is 0 Å². The Bertz CT molecular complexity index is 481. The summed E-state index contributed by atoms with van der Waals surface area (Å²) in [6.07, 6.45) is 5.47. The Morgan fingerprint density at radius 2 is 1.78 bits per heavy atom. The largest absolute Gasteiger partial charge is 0.343 e. The molecule has 0 aromatic rings. The number of nitrogens with one attached hydrogen (secondary N) is 1. The first-order valence-electron chi connectivity index (χ1n) is 8.88. The molecule has 1 amide bonds. The normalized spacial score (nSPS) is 21.8. The predicted octanol–water partition coefficient (Wildman–Crippen LogP) is 1.04. The minimum Gasteiger partial charge on any atom is -0.343 e. The summed E-state index contributed by atoms with van der Waals surface area (Å²) < 4.78 is 25.4. The smallest absolute Gasteiger partial charge is 0.222 e. The van der Waals surface area contributed by atoms with Gasteiger partial charge in [-0.15, -0.1) is 0 Å². The highest BCUT2D eigenvalue weighted by molar-refractivity contribution is 7.89. The van der Waals surface area contributed by atoms with Crippen molar-refractivity contribution >= 4 is 15.9 Å². The van der Waals surface area contributed by atoms with Crippen molar-refractivity contribution in [2.24, 2.45) is 5.92 Å². The van der Waals surface area contributed by atoms with Crippen molar-refractivity contribution in [3.8, 4) is 0 Å². The van der Waals surface area contributed by atoms with Crippen LogP contribution in [0.3, 0.4) is 0 Å². The van der Waals surface area contributed by atoms with E-state index in [2.05, 4.69) is 5.32 Å². The molecule has 0 spiro atoms. The SMILES string of the molecule is CCS(=O)(=O)N(C)C1CCN(C(=O)CCC2CCNCC2)CC1. The molecule has 2 fully saturated rings. The molecule has 23 heavy (non-hydrogen) atoms. The summed E-state index contributed by atoms with van der Waals surface area (Å²) in [5, 5.41) is 3.35. The van der Waals surface area contributed by atoms with Gasteiger partial charge in [0.1, 0.15) is 0 Å². The lowest BCUT2D eigenvalue weighted by Crippen LogP contribution is -2.47. The average molecular weight is 346 g/mol. The molecule has 2 aliphatic heterocycles. The number of likely N-dealkylation sites (tertiary alicyclic amines) is 1. The molecule has 1 N–H and O–H groups in total. The van der Waals surface area contributed by atoms with Gasteiger partial charge in [-0.3, -0.25) is 4.79 Å². The Labute approximate surface area is 140 Å². The van der Waals surface area contributed by atoms with Crippen LogP contribution >= 0.6 is 0 Å². The van der Waals surface area contributed by atoms with Gasteiger partial charge in [-0.2, -0.15) is 0 Å². The van der Waals surface area contributed by atoms with E-state index in [-0.39, 0.29) is 17.7 Å². The third-order valence-corrected chi connectivity index (χ3v) is 7.27. The molecule has 2 saturated heterocycles. The zero-order valence-corrected chi connectivity index (χ0v) is 15.3. The monoisotopic (exact) mass is 345 g/mol. The summed E-state index contributed by atoms with van der Waals surface area (Å²) >= 11 is 0. The van der Waals surface area contributed by atoms with Crippen molar-refractivity contribution in [3.63, 3.8) is 0 Å². The minimum absolute atomic E-state index is 0.0356. The molecule has 0 saturated carbocycles. The summed E-state index contributed by atoms with van der Waals surface area (Å²) in [5.74, 6) is 1.06. The molecule has 0 unspecified atom stereocenters. The molecule has 2 heterocycles. The topological polar surface area (TPSA) is 69.7 Å². The Morgan fingerprint density at radius 3 is 2.35 bits per heavy atom. The second-order valence-electron chi connectivity index (χ2n) is 6.76. The van der Waals surface area contributed by atoms with Crippen molar-refractivity contribution in [1.29, 1.82) is 0 Å². The van der Waals surface area contributed by atoms with Crippen molar-refractivity contribution in [2.45, 2.75) is 51.5 Å². The van der Waals surface area contributed by atoms with Gasteiger partial charge in [0.15, 0.2) is 0 Å². The Kier molecular flexibility index (Phi) is 6.85. The molecule has 0 bridgehead atoms. The number of carbonyl (C=O) groups excluding carboxylic acids is 1. The number of hydrogen-bond donors (Lipinski definition) is 1. The fraction of sp³-hybridized carbons (Fsp3) is 0.938. The summed E-state index contributed by atoms with van der Waals surface area (Å²) in [6, 6.07) is 0.0356. The van der Waals surface area contributed by atoms with E-state index >= 15 is 0 Å².